The summed E-state index contributed by atoms with van der Waals surface area (Å²) < 4.78 is 14.8. The fraction of sp³-hybridized carbons (Fsp3) is 0.231. The lowest BCUT2D eigenvalue weighted by molar-refractivity contribution is -0.385. The molecule has 0 spiro atoms. The molecule has 1 heterocycles. The molecule has 2 rings (SSSR count). The van der Waals surface area contributed by atoms with Crippen LogP contribution in [0, 0.1) is 22.9 Å². The van der Waals surface area contributed by atoms with Gasteiger partial charge in [-0.05, 0) is 24.6 Å². The molecule has 1 N–H and O–H groups in total. The van der Waals surface area contributed by atoms with Crippen LogP contribution in [0.1, 0.15) is 12.0 Å². The quantitative estimate of drug-likeness (QED) is 0.676. The highest BCUT2D eigenvalue weighted by Crippen LogP contribution is 2.16. The minimum Gasteiger partial charge on any atom is -0.324 e. The summed E-state index contributed by atoms with van der Waals surface area (Å²) in [5.74, 6) is -0.902. The highest BCUT2D eigenvalue weighted by Gasteiger charge is 2.11. The minimum absolute atomic E-state index is 0.0339. The van der Waals surface area contributed by atoms with Crippen LogP contribution in [-0.2, 0) is 11.3 Å². The zero-order chi connectivity index (χ0) is 15.4. The normalized spacial score (nSPS) is 10.4. The van der Waals surface area contributed by atoms with E-state index in [2.05, 4.69) is 10.4 Å². The average molecular weight is 292 g/mol. The number of aryl methyl sites for hydroxylation is 2. The lowest BCUT2D eigenvalue weighted by Crippen LogP contribution is -2.15. The van der Waals surface area contributed by atoms with Gasteiger partial charge in [-0.25, -0.2) is 4.39 Å². The Balaban J connectivity index is 1.92. The van der Waals surface area contributed by atoms with Crippen molar-refractivity contribution in [3.63, 3.8) is 0 Å². The van der Waals surface area contributed by atoms with Gasteiger partial charge in [0, 0.05) is 13.0 Å². The van der Waals surface area contributed by atoms with E-state index < -0.39 is 16.6 Å². The van der Waals surface area contributed by atoms with Crippen molar-refractivity contribution in [2.75, 3.05) is 5.32 Å². The number of carbonyl (C=O) groups excluding carboxylic acids is 1. The molecule has 8 heteroatoms. The Kier molecular flexibility index (Phi) is 4.27. The summed E-state index contributed by atoms with van der Waals surface area (Å²) in [6.45, 7) is 1.96. The van der Waals surface area contributed by atoms with Crippen molar-refractivity contribution in [2.24, 2.45) is 0 Å². The van der Waals surface area contributed by atoms with Crippen molar-refractivity contribution in [2.45, 2.75) is 19.9 Å². The largest absolute Gasteiger partial charge is 0.324 e. The van der Waals surface area contributed by atoms with E-state index in [0.717, 1.165) is 11.8 Å². The van der Waals surface area contributed by atoms with Crippen LogP contribution < -0.4 is 5.32 Å². The van der Waals surface area contributed by atoms with E-state index in [1.807, 2.05) is 0 Å². The number of benzene rings is 1. The van der Waals surface area contributed by atoms with Gasteiger partial charge in [-0.1, -0.05) is 6.07 Å². The predicted octanol–water partition coefficient (Wildman–Crippen LogP) is 2.27. The van der Waals surface area contributed by atoms with Crippen molar-refractivity contribution in [1.29, 1.82) is 0 Å². The number of hydrogen-bond donors (Lipinski definition) is 1. The number of carbonyl (C=O) groups is 1. The first-order valence-corrected chi connectivity index (χ1v) is 6.18. The molecule has 0 atom stereocenters. The number of anilines is 1. The molecule has 0 saturated carbocycles. The van der Waals surface area contributed by atoms with Gasteiger partial charge in [0.1, 0.15) is 18.2 Å². The highest BCUT2D eigenvalue weighted by atomic mass is 19.1. The standard InChI is InChI=1S/C13H13FN4O3/c1-9-2-3-11(14)12(6-9)16-13(19)4-5-17-8-10(7-15-17)18(20)21/h2-3,6-8H,4-5H2,1H3,(H,16,19). The van der Waals surface area contributed by atoms with Crippen LogP contribution in [0.15, 0.2) is 30.6 Å². The summed E-state index contributed by atoms with van der Waals surface area (Å²) in [5, 5.41) is 16.7. The summed E-state index contributed by atoms with van der Waals surface area (Å²) in [6.07, 6.45) is 2.38. The van der Waals surface area contributed by atoms with Gasteiger partial charge in [-0.15, -0.1) is 0 Å². The number of nitro groups is 1. The summed E-state index contributed by atoms with van der Waals surface area (Å²) >= 11 is 0. The number of nitrogens with one attached hydrogen (secondary N) is 1. The molecule has 0 fully saturated rings. The van der Waals surface area contributed by atoms with Gasteiger partial charge in [-0.2, -0.15) is 5.10 Å². The third-order valence-electron chi connectivity index (χ3n) is 2.79. The fourth-order valence-corrected chi connectivity index (χ4v) is 1.73. The van der Waals surface area contributed by atoms with Crippen LogP contribution in [0.4, 0.5) is 15.8 Å². The fourth-order valence-electron chi connectivity index (χ4n) is 1.73. The Morgan fingerprint density at radius 3 is 2.95 bits per heavy atom. The maximum atomic E-state index is 13.5. The van der Waals surface area contributed by atoms with Crippen molar-refractivity contribution in [3.8, 4) is 0 Å². The molecule has 0 aliphatic rings. The van der Waals surface area contributed by atoms with Gasteiger partial charge in [0.15, 0.2) is 0 Å². The van der Waals surface area contributed by atoms with Gasteiger partial charge in [0.25, 0.3) is 0 Å². The Labute approximate surface area is 119 Å². The van der Waals surface area contributed by atoms with Gasteiger partial charge in [0.2, 0.25) is 5.91 Å². The third kappa shape index (κ3) is 3.85. The molecule has 0 aliphatic carbocycles. The monoisotopic (exact) mass is 292 g/mol. The van der Waals surface area contributed by atoms with E-state index in [9.17, 15) is 19.3 Å². The lowest BCUT2D eigenvalue weighted by Gasteiger charge is -2.07. The molecule has 0 bridgehead atoms. The van der Waals surface area contributed by atoms with Crippen LogP contribution >= 0.6 is 0 Å². The van der Waals surface area contributed by atoms with Crippen molar-refractivity contribution >= 4 is 17.3 Å². The molecule has 0 saturated heterocycles. The first-order chi connectivity index (χ1) is 9.95. The van der Waals surface area contributed by atoms with E-state index in [1.54, 1.807) is 13.0 Å². The van der Waals surface area contributed by atoms with E-state index in [1.165, 1.54) is 23.0 Å². The molecule has 21 heavy (non-hydrogen) atoms. The number of hydrogen-bond acceptors (Lipinski definition) is 4. The van der Waals surface area contributed by atoms with E-state index >= 15 is 0 Å². The number of rotatable bonds is 5. The van der Waals surface area contributed by atoms with Gasteiger partial charge in [-0.3, -0.25) is 19.6 Å². The first kappa shape index (κ1) is 14.6. The molecular formula is C13H13FN4O3. The molecule has 2 aromatic rings. The summed E-state index contributed by atoms with van der Waals surface area (Å²) in [7, 11) is 0. The van der Waals surface area contributed by atoms with E-state index in [0.29, 0.717) is 0 Å². The third-order valence-corrected chi connectivity index (χ3v) is 2.79. The number of aromatic nitrogens is 2. The number of amides is 1. The molecule has 0 unspecified atom stereocenters. The van der Waals surface area contributed by atoms with Crippen molar-refractivity contribution in [1.82, 2.24) is 9.78 Å². The van der Waals surface area contributed by atoms with Crippen LogP contribution in [0.3, 0.4) is 0 Å². The van der Waals surface area contributed by atoms with E-state index in [-0.39, 0.29) is 24.3 Å². The Morgan fingerprint density at radius 2 is 2.29 bits per heavy atom. The molecule has 1 aromatic heterocycles. The second-order valence-corrected chi connectivity index (χ2v) is 4.50. The van der Waals surface area contributed by atoms with Gasteiger partial charge in [0.05, 0.1) is 10.6 Å². The maximum Gasteiger partial charge on any atom is 0.306 e. The zero-order valence-corrected chi connectivity index (χ0v) is 11.2. The number of halogens is 1. The molecule has 0 aliphatic heterocycles. The molecule has 1 aromatic carbocycles. The van der Waals surface area contributed by atoms with Crippen LogP contribution in [0.5, 0.6) is 0 Å². The number of nitrogens with zero attached hydrogens (tertiary/aromatic N) is 3. The Morgan fingerprint density at radius 1 is 1.52 bits per heavy atom. The van der Waals surface area contributed by atoms with Crippen LogP contribution in [0.2, 0.25) is 0 Å². The summed E-state index contributed by atoms with van der Waals surface area (Å²) in [5.41, 5.74) is 0.806. The van der Waals surface area contributed by atoms with Crippen LogP contribution in [-0.4, -0.2) is 20.6 Å². The maximum absolute atomic E-state index is 13.5. The molecule has 7 nitrogen and oxygen atoms in total. The smallest absolute Gasteiger partial charge is 0.306 e. The molecular weight excluding hydrogens is 279 g/mol. The summed E-state index contributed by atoms with van der Waals surface area (Å²) in [6, 6.07) is 4.42. The molecule has 0 radical (unpaired) electrons. The molecule has 1 amide bonds. The summed E-state index contributed by atoms with van der Waals surface area (Å²) in [4.78, 5) is 21.7. The molecule has 110 valence electrons. The van der Waals surface area contributed by atoms with Crippen LogP contribution in [0.25, 0.3) is 0 Å². The van der Waals surface area contributed by atoms with Gasteiger partial charge < -0.3 is 5.32 Å². The predicted molar refractivity (Wildman–Crippen MR) is 73.3 cm³/mol. The van der Waals surface area contributed by atoms with Crippen molar-refractivity contribution < 1.29 is 14.1 Å². The highest BCUT2D eigenvalue weighted by molar-refractivity contribution is 5.90. The first-order valence-electron chi connectivity index (χ1n) is 6.18. The second-order valence-electron chi connectivity index (χ2n) is 4.50. The van der Waals surface area contributed by atoms with E-state index in [4.69, 9.17) is 0 Å². The minimum atomic E-state index is -0.564. The van der Waals surface area contributed by atoms with Crippen molar-refractivity contribution in [3.05, 3.63) is 52.1 Å². The Bertz CT molecular complexity index is 684. The zero-order valence-electron chi connectivity index (χ0n) is 11.2. The topological polar surface area (TPSA) is 90.1 Å². The average Bonchev–Trinajstić information content (AvgIpc) is 2.90. The lowest BCUT2D eigenvalue weighted by atomic mass is 10.2. The second kappa shape index (κ2) is 6.12. The SMILES string of the molecule is Cc1ccc(F)c(NC(=O)CCn2cc([N+](=O)[O-])cn2)c1. The Hall–Kier alpha value is -2.77. The van der Waals surface area contributed by atoms with Gasteiger partial charge >= 0.3 is 5.69 Å².